The lowest BCUT2D eigenvalue weighted by Gasteiger charge is -2.12. The maximum absolute atomic E-state index is 11.7. The molecule has 0 spiro atoms. The van der Waals surface area contributed by atoms with Crippen LogP contribution in [-0.4, -0.2) is 20.6 Å². The fourth-order valence-corrected chi connectivity index (χ4v) is 2.91. The molecule has 5 nitrogen and oxygen atoms in total. The second-order valence-electron chi connectivity index (χ2n) is 5.11. The number of sulfonamides is 1. The SMILES string of the molecule is CNS(=O)(=O)c1ccc(NC(=S)Nc2ccc(C)c(C)c2)cc1. The van der Waals surface area contributed by atoms with Crippen molar-refractivity contribution in [3.05, 3.63) is 53.6 Å². The van der Waals surface area contributed by atoms with Crippen molar-refractivity contribution in [3.8, 4) is 0 Å². The molecule has 7 heteroatoms. The summed E-state index contributed by atoms with van der Waals surface area (Å²) in [4.78, 5) is 0.207. The van der Waals surface area contributed by atoms with E-state index in [4.69, 9.17) is 12.2 Å². The van der Waals surface area contributed by atoms with Crippen LogP contribution >= 0.6 is 12.2 Å². The van der Waals surface area contributed by atoms with Gasteiger partial charge in [-0.15, -0.1) is 0 Å². The van der Waals surface area contributed by atoms with Crippen molar-refractivity contribution in [3.63, 3.8) is 0 Å². The van der Waals surface area contributed by atoms with Gasteiger partial charge in [-0.1, -0.05) is 6.07 Å². The molecule has 2 aromatic carbocycles. The normalized spacial score (nSPS) is 11.1. The van der Waals surface area contributed by atoms with Crippen LogP contribution in [0.4, 0.5) is 11.4 Å². The van der Waals surface area contributed by atoms with E-state index < -0.39 is 10.0 Å². The summed E-state index contributed by atoms with van der Waals surface area (Å²) in [5.74, 6) is 0. The quantitative estimate of drug-likeness (QED) is 0.740. The zero-order chi connectivity index (χ0) is 17.0. The summed E-state index contributed by atoms with van der Waals surface area (Å²) >= 11 is 5.27. The number of anilines is 2. The van der Waals surface area contributed by atoms with Gasteiger partial charge in [-0.05, 0) is 80.6 Å². The first kappa shape index (κ1) is 17.4. The molecule has 0 aliphatic heterocycles. The van der Waals surface area contributed by atoms with Crippen molar-refractivity contribution in [1.29, 1.82) is 0 Å². The molecule has 3 N–H and O–H groups in total. The molecule has 0 amide bonds. The molecule has 0 aliphatic carbocycles. The van der Waals surface area contributed by atoms with Gasteiger partial charge in [0.1, 0.15) is 0 Å². The number of aryl methyl sites for hydroxylation is 2. The third kappa shape index (κ3) is 4.51. The molecular weight excluding hydrogens is 330 g/mol. The van der Waals surface area contributed by atoms with Crippen molar-refractivity contribution in [2.24, 2.45) is 0 Å². The maximum Gasteiger partial charge on any atom is 0.240 e. The van der Waals surface area contributed by atoms with Crippen molar-refractivity contribution < 1.29 is 8.42 Å². The van der Waals surface area contributed by atoms with Crippen molar-refractivity contribution in [2.45, 2.75) is 18.7 Å². The van der Waals surface area contributed by atoms with Crippen LogP contribution in [0.3, 0.4) is 0 Å². The second kappa shape index (κ2) is 7.08. The molecule has 0 heterocycles. The van der Waals surface area contributed by atoms with Crippen molar-refractivity contribution in [2.75, 3.05) is 17.7 Å². The summed E-state index contributed by atoms with van der Waals surface area (Å²) in [6, 6.07) is 12.4. The lowest BCUT2D eigenvalue weighted by Crippen LogP contribution is -2.20. The largest absolute Gasteiger partial charge is 0.332 e. The molecule has 0 fully saturated rings. The minimum Gasteiger partial charge on any atom is -0.332 e. The van der Waals surface area contributed by atoms with Gasteiger partial charge in [0.2, 0.25) is 10.0 Å². The van der Waals surface area contributed by atoms with E-state index in [9.17, 15) is 8.42 Å². The molecule has 0 aliphatic rings. The Morgan fingerprint density at radius 3 is 2.04 bits per heavy atom. The zero-order valence-electron chi connectivity index (χ0n) is 13.2. The lowest BCUT2D eigenvalue weighted by molar-refractivity contribution is 0.588. The van der Waals surface area contributed by atoms with E-state index in [1.54, 1.807) is 12.1 Å². The average molecular weight is 349 g/mol. The Hall–Kier alpha value is -1.96. The first-order valence-electron chi connectivity index (χ1n) is 7.01. The highest BCUT2D eigenvalue weighted by atomic mass is 32.2. The zero-order valence-corrected chi connectivity index (χ0v) is 14.8. The van der Waals surface area contributed by atoms with Crippen molar-refractivity contribution in [1.82, 2.24) is 4.72 Å². The van der Waals surface area contributed by atoms with Gasteiger partial charge in [-0.3, -0.25) is 0 Å². The Labute approximate surface area is 142 Å². The smallest absolute Gasteiger partial charge is 0.240 e. The highest BCUT2D eigenvalue weighted by molar-refractivity contribution is 7.89. The number of nitrogens with one attached hydrogen (secondary N) is 3. The van der Waals surface area contributed by atoms with Gasteiger partial charge in [0.15, 0.2) is 5.11 Å². The van der Waals surface area contributed by atoms with Crippen LogP contribution in [0.25, 0.3) is 0 Å². The van der Waals surface area contributed by atoms with Crippen LogP contribution in [0.2, 0.25) is 0 Å². The fraction of sp³-hybridized carbons (Fsp3) is 0.188. The Morgan fingerprint density at radius 1 is 0.913 bits per heavy atom. The van der Waals surface area contributed by atoms with Crippen LogP contribution in [-0.2, 0) is 10.0 Å². The molecule has 0 atom stereocenters. The van der Waals surface area contributed by atoms with Crippen LogP contribution in [0.15, 0.2) is 47.4 Å². The Kier molecular flexibility index (Phi) is 5.35. The minimum absolute atomic E-state index is 0.207. The standard InChI is InChI=1S/C16H19N3O2S2/c1-11-4-5-14(10-12(11)2)19-16(22)18-13-6-8-15(9-7-13)23(20,21)17-3/h4-10,17H,1-3H3,(H2,18,19,22). The number of benzene rings is 2. The monoisotopic (exact) mass is 349 g/mol. The molecule has 0 saturated carbocycles. The van der Waals surface area contributed by atoms with Crippen molar-refractivity contribution >= 4 is 38.7 Å². The van der Waals surface area contributed by atoms with Crippen LogP contribution in [0, 0.1) is 13.8 Å². The molecule has 0 saturated heterocycles. The van der Waals surface area contributed by atoms with Gasteiger partial charge < -0.3 is 10.6 Å². The number of hydrogen-bond acceptors (Lipinski definition) is 3. The molecule has 23 heavy (non-hydrogen) atoms. The number of thiocarbonyl (C=S) groups is 1. The Bertz CT molecular complexity index is 816. The predicted molar refractivity (Wildman–Crippen MR) is 98.4 cm³/mol. The Morgan fingerprint density at radius 2 is 1.48 bits per heavy atom. The summed E-state index contributed by atoms with van der Waals surface area (Å²) in [5, 5.41) is 6.57. The third-order valence-electron chi connectivity index (χ3n) is 3.46. The van der Waals surface area contributed by atoms with E-state index in [0.717, 1.165) is 5.69 Å². The van der Waals surface area contributed by atoms with Gasteiger partial charge in [0.05, 0.1) is 4.90 Å². The molecule has 2 aromatic rings. The van der Waals surface area contributed by atoms with Crippen LogP contribution < -0.4 is 15.4 Å². The number of rotatable bonds is 4. The van der Waals surface area contributed by atoms with Crippen LogP contribution in [0.5, 0.6) is 0 Å². The maximum atomic E-state index is 11.7. The topological polar surface area (TPSA) is 70.2 Å². The Balaban J connectivity index is 2.04. The summed E-state index contributed by atoms with van der Waals surface area (Å²) in [7, 11) is -2.05. The first-order chi connectivity index (χ1) is 10.8. The summed E-state index contributed by atoms with van der Waals surface area (Å²) < 4.78 is 25.6. The molecule has 2 rings (SSSR count). The number of hydrogen-bond donors (Lipinski definition) is 3. The fourth-order valence-electron chi connectivity index (χ4n) is 1.95. The average Bonchev–Trinajstić information content (AvgIpc) is 2.51. The molecule has 0 unspecified atom stereocenters. The van der Waals surface area contributed by atoms with Gasteiger partial charge in [-0.25, -0.2) is 13.1 Å². The molecule has 0 aromatic heterocycles. The van der Waals surface area contributed by atoms with Gasteiger partial charge >= 0.3 is 0 Å². The first-order valence-corrected chi connectivity index (χ1v) is 8.90. The molecule has 122 valence electrons. The minimum atomic E-state index is -3.43. The molecular formula is C16H19N3O2S2. The predicted octanol–water partition coefficient (Wildman–Crippen LogP) is 3.02. The van der Waals surface area contributed by atoms with E-state index >= 15 is 0 Å². The summed E-state index contributed by atoms with van der Waals surface area (Å²) in [5.41, 5.74) is 4.01. The van der Waals surface area contributed by atoms with Gasteiger partial charge in [0.25, 0.3) is 0 Å². The van der Waals surface area contributed by atoms with Gasteiger partial charge in [0, 0.05) is 11.4 Å². The van der Waals surface area contributed by atoms with E-state index in [2.05, 4.69) is 22.3 Å². The highest BCUT2D eigenvalue weighted by Crippen LogP contribution is 2.16. The van der Waals surface area contributed by atoms with Crippen LogP contribution in [0.1, 0.15) is 11.1 Å². The van der Waals surface area contributed by atoms with E-state index in [1.165, 1.54) is 30.3 Å². The molecule has 0 bridgehead atoms. The van der Waals surface area contributed by atoms with Gasteiger partial charge in [-0.2, -0.15) is 0 Å². The van der Waals surface area contributed by atoms with E-state index in [1.807, 2.05) is 25.1 Å². The highest BCUT2D eigenvalue weighted by Gasteiger charge is 2.10. The van der Waals surface area contributed by atoms with E-state index in [0.29, 0.717) is 10.8 Å². The summed E-state index contributed by atoms with van der Waals surface area (Å²) in [6.07, 6.45) is 0. The van der Waals surface area contributed by atoms with E-state index in [-0.39, 0.29) is 4.90 Å². The molecule has 0 radical (unpaired) electrons. The summed E-state index contributed by atoms with van der Waals surface area (Å²) in [6.45, 7) is 4.09. The second-order valence-corrected chi connectivity index (χ2v) is 7.40. The third-order valence-corrected chi connectivity index (χ3v) is 5.09. The lowest BCUT2D eigenvalue weighted by atomic mass is 10.1.